The van der Waals surface area contributed by atoms with Crippen molar-refractivity contribution < 1.29 is 0 Å². The molecule has 2 aromatic carbocycles. The summed E-state index contributed by atoms with van der Waals surface area (Å²) in [6, 6.07) is 14.5. The summed E-state index contributed by atoms with van der Waals surface area (Å²) >= 11 is 7.81. The Balaban J connectivity index is 2.23. The maximum Gasteiger partial charge on any atom is 0.0716 e. The topological polar surface area (TPSA) is 12.9 Å². The second-order valence-corrected chi connectivity index (χ2v) is 5.81. The van der Waals surface area contributed by atoms with Crippen LogP contribution in [0.5, 0.6) is 0 Å². The molecule has 0 saturated carbocycles. The maximum absolute atomic E-state index is 6.05. The number of pyridine rings is 1. The Morgan fingerprint density at radius 2 is 1.83 bits per heavy atom. The first kappa shape index (κ1) is 10.3. The van der Waals surface area contributed by atoms with Crippen molar-refractivity contribution in [3.05, 3.63) is 53.7 Å². The predicted molar refractivity (Wildman–Crippen MR) is 79.6 cm³/mol. The fourth-order valence-corrected chi connectivity index (χ4v) is 3.71. The van der Waals surface area contributed by atoms with E-state index in [0.717, 1.165) is 10.5 Å². The third kappa shape index (κ3) is 1.43. The fraction of sp³-hybridized carbons (Fsp3) is 0. The summed E-state index contributed by atoms with van der Waals surface area (Å²) in [6.45, 7) is 0. The van der Waals surface area contributed by atoms with Gasteiger partial charge in [0.05, 0.1) is 5.52 Å². The van der Waals surface area contributed by atoms with Crippen molar-refractivity contribution in [2.24, 2.45) is 0 Å². The van der Waals surface area contributed by atoms with Gasteiger partial charge in [0.1, 0.15) is 0 Å². The van der Waals surface area contributed by atoms with E-state index in [1.54, 1.807) is 11.3 Å². The second kappa shape index (κ2) is 3.67. The predicted octanol–water partition coefficient (Wildman–Crippen LogP) is 5.26. The summed E-state index contributed by atoms with van der Waals surface area (Å²) in [5, 5.41) is 4.52. The fourth-order valence-electron chi connectivity index (χ4n) is 2.32. The molecule has 0 fully saturated rings. The van der Waals surface area contributed by atoms with E-state index in [-0.39, 0.29) is 0 Å². The summed E-state index contributed by atoms with van der Waals surface area (Å²) in [5.74, 6) is 0. The molecular formula is C15H8ClNS. The zero-order valence-corrected chi connectivity index (χ0v) is 10.9. The van der Waals surface area contributed by atoms with Gasteiger partial charge in [-0.2, -0.15) is 0 Å². The Hall–Kier alpha value is -1.64. The first-order valence-electron chi connectivity index (χ1n) is 5.68. The van der Waals surface area contributed by atoms with Crippen LogP contribution in [0.1, 0.15) is 0 Å². The number of hydrogen-bond donors (Lipinski definition) is 0. The van der Waals surface area contributed by atoms with Crippen LogP contribution in [-0.4, -0.2) is 4.98 Å². The number of nitrogens with zero attached hydrogens (tertiary/aromatic N) is 1. The van der Waals surface area contributed by atoms with Crippen LogP contribution in [0.2, 0.25) is 5.02 Å². The van der Waals surface area contributed by atoms with Crippen LogP contribution in [0.4, 0.5) is 0 Å². The van der Waals surface area contributed by atoms with Crippen LogP contribution in [0.15, 0.2) is 48.7 Å². The van der Waals surface area contributed by atoms with E-state index in [0.29, 0.717) is 0 Å². The summed E-state index contributed by atoms with van der Waals surface area (Å²) in [4.78, 5) is 4.40. The Morgan fingerprint density at radius 3 is 2.78 bits per heavy atom. The van der Waals surface area contributed by atoms with Crippen LogP contribution < -0.4 is 0 Å². The van der Waals surface area contributed by atoms with Crippen LogP contribution in [0, 0.1) is 0 Å². The van der Waals surface area contributed by atoms with Gasteiger partial charge in [-0.3, -0.25) is 4.98 Å². The Morgan fingerprint density at radius 1 is 0.944 bits per heavy atom. The highest BCUT2D eigenvalue weighted by atomic mass is 35.5. The molecule has 0 spiro atoms. The molecule has 0 saturated heterocycles. The zero-order valence-electron chi connectivity index (χ0n) is 9.35. The summed E-state index contributed by atoms with van der Waals surface area (Å²) in [5.41, 5.74) is 1.04. The number of fused-ring (bicyclic) bond motifs is 4. The highest BCUT2D eigenvalue weighted by molar-refractivity contribution is 7.25. The minimum atomic E-state index is 0.789. The highest BCUT2D eigenvalue weighted by Gasteiger charge is 2.07. The minimum absolute atomic E-state index is 0.789. The van der Waals surface area contributed by atoms with Crippen molar-refractivity contribution in [3.8, 4) is 0 Å². The number of halogens is 1. The van der Waals surface area contributed by atoms with E-state index in [4.69, 9.17) is 11.6 Å². The molecule has 4 aromatic rings. The Kier molecular flexibility index (Phi) is 2.10. The number of benzene rings is 2. The molecule has 0 aliphatic heterocycles. The third-order valence-electron chi connectivity index (χ3n) is 3.16. The molecule has 3 heteroatoms. The van der Waals surface area contributed by atoms with Gasteiger partial charge in [0.15, 0.2) is 0 Å². The molecule has 0 aliphatic carbocycles. The van der Waals surface area contributed by atoms with Crippen molar-refractivity contribution in [2.45, 2.75) is 0 Å². The van der Waals surface area contributed by atoms with E-state index >= 15 is 0 Å². The lowest BCUT2D eigenvalue weighted by molar-refractivity contribution is 1.42. The van der Waals surface area contributed by atoms with Gasteiger partial charge in [-0.05, 0) is 30.3 Å². The largest absolute Gasteiger partial charge is 0.256 e. The molecular weight excluding hydrogens is 262 g/mol. The molecule has 18 heavy (non-hydrogen) atoms. The van der Waals surface area contributed by atoms with Gasteiger partial charge in [-0.25, -0.2) is 0 Å². The summed E-state index contributed by atoms with van der Waals surface area (Å²) in [7, 11) is 0. The molecule has 0 N–H and O–H groups in total. The smallest absolute Gasteiger partial charge is 0.0716 e. The quantitative estimate of drug-likeness (QED) is 0.424. The first-order valence-corrected chi connectivity index (χ1v) is 6.87. The van der Waals surface area contributed by atoms with Gasteiger partial charge < -0.3 is 0 Å². The lowest BCUT2D eigenvalue weighted by atomic mass is 10.1. The molecule has 0 atom stereocenters. The molecule has 0 amide bonds. The minimum Gasteiger partial charge on any atom is -0.256 e. The Bertz CT molecular complexity index is 895. The number of aromatic nitrogens is 1. The van der Waals surface area contributed by atoms with E-state index in [2.05, 4.69) is 29.2 Å². The van der Waals surface area contributed by atoms with Crippen LogP contribution in [0.25, 0.3) is 31.1 Å². The summed E-state index contributed by atoms with van der Waals surface area (Å²) < 4.78 is 2.49. The average molecular weight is 270 g/mol. The van der Waals surface area contributed by atoms with Gasteiger partial charge in [0.25, 0.3) is 0 Å². The van der Waals surface area contributed by atoms with Gasteiger partial charge in [0, 0.05) is 36.8 Å². The molecule has 2 heterocycles. The first-order chi connectivity index (χ1) is 8.81. The average Bonchev–Trinajstić information content (AvgIpc) is 2.72. The van der Waals surface area contributed by atoms with E-state index < -0.39 is 0 Å². The van der Waals surface area contributed by atoms with Crippen molar-refractivity contribution in [3.63, 3.8) is 0 Å². The Labute approximate surface area is 113 Å². The van der Waals surface area contributed by atoms with Crippen LogP contribution in [-0.2, 0) is 0 Å². The lowest BCUT2D eigenvalue weighted by Crippen LogP contribution is -1.76. The zero-order chi connectivity index (χ0) is 12.1. The third-order valence-corrected chi connectivity index (χ3v) is 4.51. The van der Waals surface area contributed by atoms with E-state index in [9.17, 15) is 0 Å². The molecule has 0 radical (unpaired) electrons. The molecule has 0 bridgehead atoms. The number of hydrogen-bond acceptors (Lipinski definition) is 2. The van der Waals surface area contributed by atoms with Gasteiger partial charge in [-0.1, -0.05) is 23.7 Å². The highest BCUT2D eigenvalue weighted by Crippen LogP contribution is 2.36. The van der Waals surface area contributed by atoms with Crippen molar-refractivity contribution in [1.29, 1.82) is 0 Å². The van der Waals surface area contributed by atoms with Crippen LogP contribution in [0.3, 0.4) is 0 Å². The van der Waals surface area contributed by atoms with Crippen molar-refractivity contribution >= 4 is 54.0 Å². The molecule has 2 aromatic heterocycles. The normalized spacial score (nSPS) is 11.6. The molecule has 86 valence electrons. The SMILES string of the molecule is Clc1ccc2c(c1)sc1cc3ncccc3cc12. The summed E-state index contributed by atoms with van der Waals surface area (Å²) in [6.07, 6.45) is 1.83. The van der Waals surface area contributed by atoms with Crippen molar-refractivity contribution in [2.75, 3.05) is 0 Å². The molecule has 1 nitrogen and oxygen atoms in total. The maximum atomic E-state index is 6.05. The van der Waals surface area contributed by atoms with Gasteiger partial charge in [0.2, 0.25) is 0 Å². The van der Waals surface area contributed by atoms with Crippen molar-refractivity contribution in [1.82, 2.24) is 4.98 Å². The standard InChI is InChI=1S/C15H8ClNS/c16-10-3-4-11-12-6-9-2-1-5-17-13(9)8-15(12)18-14(11)7-10/h1-8H. The van der Waals surface area contributed by atoms with E-state index in [1.807, 2.05) is 24.4 Å². The van der Waals surface area contributed by atoms with E-state index in [1.165, 1.54) is 25.6 Å². The lowest BCUT2D eigenvalue weighted by Gasteiger charge is -1.97. The number of thiophene rings is 1. The molecule has 4 rings (SSSR count). The number of rotatable bonds is 0. The molecule has 0 unspecified atom stereocenters. The monoisotopic (exact) mass is 269 g/mol. The van der Waals surface area contributed by atoms with Gasteiger partial charge >= 0.3 is 0 Å². The van der Waals surface area contributed by atoms with Gasteiger partial charge in [-0.15, -0.1) is 11.3 Å². The second-order valence-electron chi connectivity index (χ2n) is 4.29. The molecule has 0 aliphatic rings. The van der Waals surface area contributed by atoms with Crippen LogP contribution >= 0.6 is 22.9 Å².